The van der Waals surface area contributed by atoms with E-state index in [9.17, 15) is 13.2 Å². The maximum absolute atomic E-state index is 13.1. The number of nitrogens with zero attached hydrogens (tertiary/aromatic N) is 3. The first kappa shape index (κ1) is 26.0. The molecule has 0 spiro atoms. The summed E-state index contributed by atoms with van der Waals surface area (Å²) in [6.07, 6.45) is -2.11. The molecular formula is C19H28F3N7OS2. The van der Waals surface area contributed by atoms with E-state index < -0.39 is 12.1 Å². The van der Waals surface area contributed by atoms with Crippen molar-refractivity contribution in [1.29, 1.82) is 0 Å². The first-order chi connectivity index (χ1) is 15.2. The fourth-order valence-electron chi connectivity index (χ4n) is 3.10. The predicted octanol–water partition coefficient (Wildman–Crippen LogP) is 2.71. The van der Waals surface area contributed by atoms with Crippen LogP contribution < -0.4 is 21.5 Å². The highest BCUT2D eigenvalue weighted by molar-refractivity contribution is 7.80. The molecule has 1 aromatic heterocycles. The van der Waals surface area contributed by atoms with Crippen LogP contribution in [0.3, 0.4) is 0 Å². The number of furan rings is 1. The van der Waals surface area contributed by atoms with E-state index in [4.69, 9.17) is 28.9 Å². The Morgan fingerprint density at radius 1 is 1.19 bits per heavy atom. The van der Waals surface area contributed by atoms with Crippen LogP contribution in [0.15, 0.2) is 26.8 Å². The van der Waals surface area contributed by atoms with Gasteiger partial charge in [-0.15, -0.1) is 0 Å². The Kier molecular flexibility index (Phi) is 10.3. The molecule has 178 valence electrons. The first-order valence-electron chi connectivity index (χ1n) is 10.3. The maximum Gasteiger partial charge on any atom is 0.393 e. The number of hydrazone groups is 2. The second-order valence-corrected chi connectivity index (χ2v) is 7.90. The molecule has 0 radical (unpaired) electrons. The van der Waals surface area contributed by atoms with Gasteiger partial charge in [0.1, 0.15) is 11.5 Å². The molecule has 1 saturated heterocycles. The van der Waals surface area contributed by atoms with Gasteiger partial charge in [0.25, 0.3) is 0 Å². The quantitative estimate of drug-likeness (QED) is 0.251. The van der Waals surface area contributed by atoms with Crippen LogP contribution in [0.4, 0.5) is 13.2 Å². The Morgan fingerprint density at radius 2 is 1.88 bits per heavy atom. The van der Waals surface area contributed by atoms with E-state index in [0.29, 0.717) is 53.5 Å². The molecule has 32 heavy (non-hydrogen) atoms. The normalized spacial score (nSPS) is 17.9. The summed E-state index contributed by atoms with van der Waals surface area (Å²) >= 11 is 10.2. The molecule has 1 fully saturated rings. The molecular weight excluding hydrogens is 463 g/mol. The highest BCUT2D eigenvalue weighted by atomic mass is 32.1. The molecule has 4 N–H and O–H groups in total. The zero-order valence-electron chi connectivity index (χ0n) is 18.0. The van der Waals surface area contributed by atoms with Crippen molar-refractivity contribution in [2.75, 3.05) is 26.2 Å². The van der Waals surface area contributed by atoms with Crippen molar-refractivity contribution in [3.05, 3.63) is 23.7 Å². The van der Waals surface area contributed by atoms with Gasteiger partial charge in [0.2, 0.25) is 0 Å². The fraction of sp³-hybridized carbons (Fsp3) is 0.579. The number of piperidine rings is 1. The molecule has 0 amide bonds. The summed E-state index contributed by atoms with van der Waals surface area (Å²) in [4.78, 5) is 1.75. The average molecular weight is 492 g/mol. The van der Waals surface area contributed by atoms with Gasteiger partial charge in [-0.3, -0.25) is 15.8 Å². The zero-order chi connectivity index (χ0) is 23.6. The lowest BCUT2D eigenvalue weighted by Crippen LogP contribution is -2.41. The Hall–Kier alpha value is -2.25. The molecule has 2 rings (SSSR count). The number of likely N-dealkylation sites (tertiary alicyclic amines) is 1. The summed E-state index contributed by atoms with van der Waals surface area (Å²) in [7, 11) is 0. The van der Waals surface area contributed by atoms with E-state index in [0.717, 1.165) is 0 Å². The number of hydrogen-bond acceptors (Lipinski definition) is 6. The third-order valence-electron chi connectivity index (χ3n) is 4.57. The summed E-state index contributed by atoms with van der Waals surface area (Å²) in [5, 5.41) is 14.7. The van der Waals surface area contributed by atoms with Gasteiger partial charge in [-0.25, -0.2) is 0 Å². The van der Waals surface area contributed by atoms with E-state index in [1.807, 2.05) is 13.8 Å². The van der Waals surface area contributed by atoms with Crippen molar-refractivity contribution < 1.29 is 17.6 Å². The van der Waals surface area contributed by atoms with E-state index >= 15 is 0 Å². The minimum atomic E-state index is -4.18. The Labute approximate surface area is 196 Å². The Morgan fingerprint density at radius 3 is 2.53 bits per heavy atom. The van der Waals surface area contributed by atoms with Crippen LogP contribution in [0, 0.1) is 5.92 Å². The van der Waals surface area contributed by atoms with Gasteiger partial charge in [0.15, 0.2) is 16.0 Å². The lowest BCUT2D eigenvalue weighted by Gasteiger charge is -2.33. The second kappa shape index (κ2) is 12.7. The van der Waals surface area contributed by atoms with E-state index in [2.05, 4.69) is 31.7 Å². The number of alkyl halides is 3. The minimum Gasteiger partial charge on any atom is -0.458 e. The molecule has 8 nitrogen and oxygen atoms in total. The summed E-state index contributed by atoms with van der Waals surface area (Å²) in [5.41, 5.74) is 5.70. The third-order valence-corrected chi connectivity index (χ3v) is 5.04. The summed E-state index contributed by atoms with van der Waals surface area (Å²) < 4.78 is 45.0. The summed E-state index contributed by atoms with van der Waals surface area (Å²) in [5.74, 6) is -0.386. The van der Waals surface area contributed by atoms with Crippen molar-refractivity contribution in [3.8, 4) is 0 Å². The number of nitrogens with one attached hydrogen (secondary N) is 4. The zero-order valence-corrected chi connectivity index (χ0v) is 19.6. The molecule has 0 bridgehead atoms. The SMILES string of the molecule is CCNC(=S)N/N=C/C(=N\NC(=S)NCC)c1ccc(CN2CCCC(C(F)(F)F)C2)o1. The van der Waals surface area contributed by atoms with Crippen molar-refractivity contribution >= 4 is 46.6 Å². The average Bonchev–Trinajstić information content (AvgIpc) is 3.18. The van der Waals surface area contributed by atoms with Crippen molar-refractivity contribution in [3.63, 3.8) is 0 Å². The van der Waals surface area contributed by atoms with Crippen molar-refractivity contribution in [1.82, 2.24) is 26.4 Å². The van der Waals surface area contributed by atoms with Crippen LogP contribution in [-0.4, -0.2) is 59.4 Å². The standard InChI is InChI=1S/C19H28F3N7OS2/c1-3-23-17(31)27-25-10-15(26-28-18(32)24-4-2)16-8-7-14(30-16)12-29-9-5-6-13(11-29)19(20,21)22/h7-8,10,13H,3-6,9,11-12H2,1-2H3,(H2,23,27,31)(H2,24,28,32)/b25-10+,26-15+. The van der Waals surface area contributed by atoms with Crippen molar-refractivity contribution in [2.24, 2.45) is 16.1 Å². The molecule has 0 saturated carbocycles. The maximum atomic E-state index is 13.1. The molecule has 0 aromatic carbocycles. The summed E-state index contributed by atoms with van der Waals surface area (Å²) in [6.45, 7) is 5.91. The third kappa shape index (κ3) is 8.71. The lowest BCUT2D eigenvalue weighted by atomic mass is 9.97. The summed E-state index contributed by atoms with van der Waals surface area (Å²) in [6, 6.07) is 3.40. The molecule has 13 heteroatoms. The second-order valence-electron chi connectivity index (χ2n) is 7.08. The molecule has 1 aliphatic heterocycles. The van der Waals surface area contributed by atoms with Gasteiger partial charge in [0, 0.05) is 19.6 Å². The van der Waals surface area contributed by atoms with Gasteiger partial charge in [-0.2, -0.15) is 23.4 Å². The minimum absolute atomic E-state index is 0.0355. The number of hydrogen-bond donors (Lipinski definition) is 4. The predicted molar refractivity (Wildman–Crippen MR) is 127 cm³/mol. The Balaban J connectivity index is 2.09. The lowest BCUT2D eigenvalue weighted by molar-refractivity contribution is -0.187. The van der Waals surface area contributed by atoms with Gasteiger partial charge in [-0.05, 0) is 69.8 Å². The van der Waals surface area contributed by atoms with E-state index in [-0.39, 0.29) is 19.5 Å². The topological polar surface area (TPSA) is 89.2 Å². The molecule has 1 atom stereocenters. The number of rotatable bonds is 8. The monoisotopic (exact) mass is 491 g/mol. The molecule has 1 aliphatic rings. The highest BCUT2D eigenvalue weighted by Crippen LogP contribution is 2.33. The van der Waals surface area contributed by atoms with Crippen LogP contribution in [0.5, 0.6) is 0 Å². The van der Waals surface area contributed by atoms with Crippen LogP contribution in [0.1, 0.15) is 38.2 Å². The number of halogens is 3. The van der Waals surface area contributed by atoms with E-state index in [1.165, 1.54) is 6.21 Å². The molecule has 1 unspecified atom stereocenters. The van der Waals surface area contributed by atoms with Gasteiger partial charge < -0.3 is 15.1 Å². The van der Waals surface area contributed by atoms with Crippen LogP contribution in [-0.2, 0) is 6.54 Å². The van der Waals surface area contributed by atoms with E-state index in [1.54, 1.807) is 17.0 Å². The van der Waals surface area contributed by atoms with Crippen molar-refractivity contribution in [2.45, 2.75) is 39.4 Å². The van der Waals surface area contributed by atoms with Crippen LogP contribution in [0.25, 0.3) is 0 Å². The first-order valence-corrected chi connectivity index (χ1v) is 11.1. The largest absolute Gasteiger partial charge is 0.458 e. The Bertz CT molecular complexity index is 826. The fourth-order valence-corrected chi connectivity index (χ4v) is 3.49. The molecule has 2 heterocycles. The van der Waals surface area contributed by atoms with Gasteiger partial charge in [0.05, 0.1) is 18.7 Å². The van der Waals surface area contributed by atoms with Gasteiger partial charge in [-0.1, -0.05) is 0 Å². The van der Waals surface area contributed by atoms with Crippen LogP contribution >= 0.6 is 24.4 Å². The van der Waals surface area contributed by atoms with Crippen LogP contribution in [0.2, 0.25) is 0 Å². The highest BCUT2D eigenvalue weighted by Gasteiger charge is 2.41. The smallest absolute Gasteiger partial charge is 0.393 e. The molecule has 0 aliphatic carbocycles. The van der Waals surface area contributed by atoms with Gasteiger partial charge >= 0.3 is 6.18 Å². The number of thiocarbonyl (C=S) groups is 2. The molecule has 1 aromatic rings.